The molecule has 0 bridgehead atoms. The van der Waals surface area contributed by atoms with Gasteiger partial charge >= 0.3 is 17.9 Å². The van der Waals surface area contributed by atoms with E-state index in [9.17, 15) is 14.4 Å². The van der Waals surface area contributed by atoms with Crippen molar-refractivity contribution in [1.29, 1.82) is 0 Å². The monoisotopic (exact) mass is 1130 g/mol. The van der Waals surface area contributed by atoms with E-state index < -0.39 is 6.10 Å². The molecule has 0 saturated heterocycles. The molecular formula is C75H132O6. The van der Waals surface area contributed by atoms with Crippen LogP contribution in [0.25, 0.3) is 0 Å². The lowest BCUT2D eigenvalue weighted by Gasteiger charge is -2.18. The van der Waals surface area contributed by atoms with Crippen LogP contribution in [-0.2, 0) is 28.6 Å². The van der Waals surface area contributed by atoms with Gasteiger partial charge in [0.2, 0.25) is 0 Å². The highest BCUT2D eigenvalue weighted by Gasteiger charge is 2.19. The first-order valence-corrected chi connectivity index (χ1v) is 35.1. The van der Waals surface area contributed by atoms with E-state index in [0.29, 0.717) is 19.3 Å². The summed E-state index contributed by atoms with van der Waals surface area (Å²) in [5, 5.41) is 0. The van der Waals surface area contributed by atoms with E-state index in [0.717, 1.165) is 89.9 Å². The normalized spacial score (nSPS) is 12.6. The first-order chi connectivity index (χ1) is 40.0. The predicted molar refractivity (Wildman–Crippen MR) is 353 cm³/mol. The van der Waals surface area contributed by atoms with Crippen LogP contribution in [0, 0.1) is 0 Å². The minimum Gasteiger partial charge on any atom is -0.462 e. The Morgan fingerprint density at radius 1 is 0.259 bits per heavy atom. The molecule has 468 valence electrons. The third-order valence-corrected chi connectivity index (χ3v) is 15.4. The number of allylic oxidation sites excluding steroid dienone is 14. The second kappa shape index (κ2) is 69.1. The summed E-state index contributed by atoms with van der Waals surface area (Å²) in [7, 11) is 0. The van der Waals surface area contributed by atoms with Gasteiger partial charge in [-0.3, -0.25) is 14.4 Å². The first kappa shape index (κ1) is 77.6. The second-order valence-electron chi connectivity index (χ2n) is 23.4. The molecule has 1 atom stereocenters. The smallest absolute Gasteiger partial charge is 0.306 e. The van der Waals surface area contributed by atoms with Crippen molar-refractivity contribution >= 4 is 17.9 Å². The molecule has 0 amide bonds. The molecule has 0 heterocycles. The highest BCUT2D eigenvalue weighted by molar-refractivity contribution is 5.71. The van der Waals surface area contributed by atoms with Crippen molar-refractivity contribution in [2.75, 3.05) is 13.2 Å². The van der Waals surface area contributed by atoms with Gasteiger partial charge in [0.1, 0.15) is 13.2 Å². The zero-order chi connectivity index (χ0) is 58.5. The number of carbonyl (C=O) groups is 3. The zero-order valence-corrected chi connectivity index (χ0v) is 53.8. The van der Waals surface area contributed by atoms with Crippen LogP contribution < -0.4 is 0 Å². The summed E-state index contributed by atoms with van der Waals surface area (Å²) in [5.41, 5.74) is 0. The van der Waals surface area contributed by atoms with Gasteiger partial charge in [0, 0.05) is 19.3 Å². The summed E-state index contributed by atoms with van der Waals surface area (Å²) >= 11 is 0. The van der Waals surface area contributed by atoms with E-state index in [1.807, 2.05) is 0 Å². The molecule has 6 nitrogen and oxygen atoms in total. The van der Waals surface area contributed by atoms with E-state index in [-0.39, 0.29) is 37.5 Å². The lowest BCUT2D eigenvalue weighted by Crippen LogP contribution is -2.30. The largest absolute Gasteiger partial charge is 0.462 e. The summed E-state index contributed by atoms with van der Waals surface area (Å²) in [4.78, 5) is 38.2. The molecule has 1 unspecified atom stereocenters. The fourth-order valence-corrected chi connectivity index (χ4v) is 10.2. The van der Waals surface area contributed by atoms with Gasteiger partial charge in [-0.15, -0.1) is 0 Å². The van der Waals surface area contributed by atoms with Crippen molar-refractivity contribution in [3.05, 3.63) is 85.1 Å². The lowest BCUT2D eigenvalue weighted by atomic mass is 10.0. The average molecular weight is 1130 g/mol. The van der Waals surface area contributed by atoms with Gasteiger partial charge in [-0.1, -0.05) is 350 Å². The van der Waals surface area contributed by atoms with Crippen molar-refractivity contribution in [2.45, 2.75) is 361 Å². The number of hydrogen-bond donors (Lipinski definition) is 0. The lowest BCUT2D eigenvalue weighted by molar-refractivity contribution is -0.167. The SMILES string of the molecule is CC/C=C\C/C=C\C/C=C\C/C=C\C/C=C\C/C=C\C/C=C\CCCC(=O)OC(COC(=O)CCCCCCCCCC)COC(=O)CCCCCCCCCCCCCCCCCCCCCCCCCCCCCCCCCC. The molecule has 0 aromatic carbocycles. The molecule has 0 saturated carbocycles. The van der Waals surface area contributed by atoms with E-state index in [1.54, 1.807) is 0 Å². The molecule has 0 radical (unpaired) electrons. The standard InChI is InChI=1S/C75H132O6/c1-4-7-10-13-16-19-21-23-25-27-29-31-33-34-35-36-37-38-39-40-41-43-44-46-48-50-52-54-56-59-62-65-68-74(77)80-71-72(70-79-73(76)67-64-61-58-18-15-12-9-6-3)81-75(78)69-66-63-60-57-55-53-51-49-47-45-42-32-30-28-26-24-22-20-17-14-11-8-5-2/h8,11,17,20,24,26,30,32,45,47,51,53,57,60,72H,4-7,9-10,12-16,18-19,21-23,25,27-29,31,33-44,46,48-50,52,54-56,58-59,61-71H2,1-3H3/b11-8-,20-17-,26-24-,32-30-,47-45-,53-51-,60-57-. The molecule has 0 spiro atoms. The van der Waals surface area contributed by atoms with Crippen LogP contribution in [-0.4, -0.2) is 37.2 Å². The third kappa shape index (κ3) is 67.3. The number of carbonyl (C=O) groups excluding carboxylic acids is 3. The van der Waals surface area contributed by atoms with E-state index >= 15 is 0 Å². The fourth-order valence-electron chi connectivity index (χ4n) is 10.2. The quantitative estimate of drug-likeness (QED) is 0.0261. The molecule has 0 aliphatic heterocycles. The minimum absolute atomic E-state index is 0.0961. The van der Waals surface area contributed by atoms with Crippen LogP contribution in [0.5, 0.6) is 0 Å². The number of ether oxygens (including phenoxy) is 3. The number of unbranched alkanes of at least 4 members (excludes halogenated alkanes) is 39. The Bertz CT molecular complexity index is 1530. The van der Waals surface area contributed by atoms with Crippen LogP contribution in [0.3, 0.4) is 0 Å². The summed E-state index contributed by atoms with van der Waals surface area (Å²) in [6.07, 6.45) is 92.3. The Kier molecular flexibility index (Phi) is 66.2. The molecule has 6 heteroatoms. The van der Waals surface area contributed by atoms with Gasteiger partial charge in [0.15, 0.2) is 6.10 Å². The highest BCUT2D eigenvalue weighted by Crippen LogP contribution is 2.18. The Hall–Kier alpha value is -3.41. The molecule has 0 aliphatic carbocycles. The van der Waals surface area contributed by atoms with Gasteiger partial charge in [0.05, 0.1) is 0 Å². The van der Waals surface area contributed by atoms with Crippen LogP contribution in [0.15, 0.2) is 85.1 Å². The summed E-state index contributed by atoms with van der Waals surface area (Å²) in [6.45, 7) is 6.49. The maximum atomic E-state index is 12.9. The Balaban J connectivity index is 4.12. The van der Waals surface area contributed by atoms with Crippen LogP contribution in [0.4, 0.5) is 0 Å². The van der Waals surface area contributed by atoms with Gasteiger partial charge < -0.3 is 14.2 Å². The molecule has 0 N–H and O–H groups in total. The van der Waals surface area contributed by atoms with Crippen molar-refractivity contribution in [3.63, 3.8) is 0 Å². The molecule has 0 aromatic heterocycles. The first-order valence-electron chi connectivity index (χ1n) is 35.1. The summed E-state index contributed by atoms with van der Waals surface area (Å²) in [6, 6.07) is 0. The van der Waals surface area contributed by atoms with E-state index in [1.165, 1.54) is 218 Å². The maximum Gasteiger partial charge on any atom is 0.306 e. The number of esters is 3. The van der Waals surface area contributed by atoms with Gasteiger partial charge in [-0.05, 0) is 70.6 Å². The van der Waals surface area contributed by atoms with Crippen LogP contribution in [0.2, 0.25) is 0 Å². The average Bonchev–Trinajstić information content (AvgIpc) is 3.47. The summed E-state index contributed by atoms with van der Waals surface area (Å²) < 4.78 is 16.8. The van der Waals surface area contributed by atoms with E-state index in [4.69, 9.17) is 14.2 Å². The molecule has 0 aromatic rings. The van der Waals surface area contributed by atoms with Gasteiger partial charge in [-0.2, -0.15) is 0 Å². The van der Waals surface area contributed by atoms with Gasteiger partial charge in [0.25, 0.3) is 0 Å². The highest BCUT2D eigenvalue weighted by atomic mass is 16.6. The van der Waals surface area contributed by atoms with Crippen molar-refractivity contribution < 1.29 is 28.6 Å². The maximum absolute atomic E-state index is 12.9. The molecule has 0 aliphatic rings. The third-order valence-electron chi connectivity index (χ3n) is 15.4. The Morgan fingerprint density at radius 2 is 0.481 bits per heavy atom. The fraction of sp³-hybridized carbons (Fsp3) is 0.773. The van der Waals surface area contributed by atoms with Crippen molar-refractivity contribution in [2.24, 2.45) is 0 Å². The number of hydrogen-bond acceptors (Lipinski definition) is 6. The number of rotatable bonds is 64. The molecule has 81 heavy (non-hydrogen) atoms. The Labute approximate surface area is 503 Å². The minimum atomic E-state index is -0.805. The molecule has 0 fully saturated rings. The van der Waals surface area contributed by atoms with E-state index in [2.05, 4.69) is 106 Å². The van der Waals surface area contributed by atoms with Crippen LogP contribution >= 0.6 is 0 Å². The van der Waals surface area contributed by atoms with Gasteiger partial charge in [-0.25, -0.2) is 0 Å². The molecule has 0 rings (SSSR count). The van der Waals surface area contributed by atoms with Crippen LogP contribution in [0.1, 0.15) is 355 Å². The van der Waals surface area contributed by atoms with Crippen molar-refractivity contribution in [3.8, 4) is 0 Å². The predicted octanol–water partition coefficient (Wildman–Crippen LogP) is 24.2. The second-order valence-corrected chi connectivity index (χ2v) is 23.4. The zero-order valence-electron chi connectivity index (χ0n) is 53.8. The Morgan fingerprint density at radius 3 is 0.741 bits per heavy atom. The summed E-state index contributed by atoms with van der Waals surface area (Å²) in [5.74, 6) is -0.947. The van der Waals surface area contributed by atoms with Crippen molar-refractivity contribution in [1.82, 2.24) is 0 Å². The topological polar surface area (TPSA) is 78.9 Å². The molecular weight excluding hydrogens is 997 g/mol.